The molecule has 0 heterocycles. The lowest BCUT2D eigenvalue weighted by Crippen LogP contribution is -1.99. The van der Waals surface area contributed by atoms with Gasteiger partial charge in [0.1, 0.15) is 0 Å². The summed E-state index contributed by atoms with van der Waals surface area (Å²) < 4.78 is 0. The Labute approximate surface area is 102 Å². The molecule has 0 saturated carbocycles. The molecule has 0 amide bonds. The smallest absolute Gasteiger partial charge is 0.0434 e. The average Bonchev–Trinajstić information content (AvgIpc) is 2.31. The second-order valence-electron chi connectivity index (χ2n) is 4.39. The molecule has 0 saturated heterocycles. The second-order valence-corrected chi connectivity index (χ2v) is 4.39. The first-order valence-corrected chi connectivity index (χ1v) is 5.78. The zero-order valence-electron chi connectivity index (χ0n) is 10.5. The Bertz CT molecular complexity index is 495. The summed E-state index contributed by atoms with van der Waals surface area (Å²) in [4.78, 5) is 0. The quantitative estimate of drug-likeness (QED) is 0.761. The summed E-state index contributed by atoms with van der Waals surface area (Å²) >= 11 is 0. The van der Waals surface area contributed by atoms with Gasteiger partial charge in [-0.3, -0.25) is 0 Å². The van der Waals surface area contributed by atoms with Crippen LogP contribution in [-0.4, -0.2) is 0 Å². The monoisotopic (exact) mass is 226 g/mol. The van der Waals surface area contributed by atoms with Gasteiger partial charge in [-0.15, -0.1) is 0 Å². The summed E-state index contributed by atoms with van der Waals surface area (Å²) in [7, 11) is 0. The van der Waals surface area contributed by atoms with Gasteiger partial charge < -0.3 is 11.1 Å². The molecule has 0 atom stereocenters. The van der Waals surface area contributed by atoms with E-state index in [2.05, 4.69) is 37.4 Å². The fourth-order valence-electron chi connectivity index (χ4n) is 1.82. The zero-order valence-corrected chi connectivity index (χ0v) is 10.5. The fourth-order valence-corrected chi connectivity index (χ4v) is 1.82. The standard InChI is InChI=1S/C15H18N2/c1-10-6-4-8-14(11(10)2)17-15-9-5-7-13(16)12(15)3/h4-9,17H,16H2,1-3H3. The van der Waals surface area contributed by atoms with Crippen molar-refractivity contribution in [3.63, 3.8) is 0 Å². The maximum absolute atomic E-state index is 5.90. The van der Waals surface area contributed by atoms with Crippen molar-refractivity contribution in [2.24, 2.45) is 0 Å². The highest BCUT2D eigenvalue weighted by Crippen LogP contribution is 2.27. The van der Waals surface area contributed by atoms with Crippen LogP contribution in [0.25, 0.3) is 0 Å². The van der Waals surface area contributed by atoms with E-state index in [-0.39, 0.29) is 0 Å². The van der Waals surface area contributed by atoms with Gasteiger partial charge in [0.2, 0.25) is 0 Å². The van der Waals surface area contributed by atoms with Gasteiger partial charge >= 0.3 is 0 Å². The molecule has 3 N–H and O–H groups in total. The number of hydrogen-bond donors (Lipinski definition) is 2. The van der Waals surface area contributed by atoms with E-state index in [1.807, 2.05) is 25.1 Å². The van der Waals surface area contributed by atoms with Crippen molar-refractivity contribution >= 4 is 17.1 Å². The predicted molar refractivity (Wildman–Crippen MR) is 74.8 cm³/mol. The number of benzene rings is 2. The van der Waals surface area contributed by atoms with E-state index in [1.54, 1.807) is 0 Å². The summed E-state index contributed by atoms with van der Waals surface area (Å²) in [5.74, 6) is 0. The summed E-state index contributed by atoms with van der Waals surface area (Å²) in [6.07, 6.45) is 0. The molecular formula is C15H18N2. The number of anilines is 3. The van der Waals surface area contributed by atoms with E-state index in [1.165, 1.54) is 11.1 Å². The molecule has 0 aliphatic carbocycles. The molecule has 0 unspecified atom stereocenters. The molecule has 0 radical (unpaired) electrons. The molecule has 88 valence electrons. The maximum Gasteiger partial charge on any atom is 0.0434 e. The molecule has 0 aliphatic heterocycles. The third-order valence-corrected chi connectivity index (χ3v) is 3.25. The molecule has 2 aromatic carbocycles. The number of nitrogen functional groups attached to an aromatic ring is 1. The molecule has 2 aromatic rings. The Balaban J connectivity index is 2.38. The second kappa shape index (κ2) is 4.50. The molecule has 2 nitrogen and oxygen atoms in total. The van der Waals surface area contributed by atoms with Crippen molar-refractivity contribution in [1.29, 1.82) is 0 Å². The van der Waals surface area contributed by atoms with Gasteiger partial charge in [-0.05, 0) is 55.7 Å². The normalized spacial score (nSPS) is 10.3. The van der Waals surface area contributed by atoms with Crippen molar-refractivity contribution < 1.29 is 0 Å². The fraction of sp³-hybridized carbons (Fsp3) is 0.200. The molecule has 17 heavy (non-hydrogen) atoms. The van der Waals surface area contributed by atoms with E-state index in [0.717, 1.165) is 22.6 Å². The largest absolute Gasteiger partial charge is 0.398 e. The van der Waals surface area contributed by atoms with Crippen LogP contribution in [0.2, 0.25) is 0 Å². The number of nitrogens with one attached hydrogen (secondary N) is 1. The molecule has 0 fully saturated rings. The molecule has 0 spiro atoms. The van der Waals surface area contributed by atoms with Crippen LogP contribution in [-0.2, 0) is 0 Å². The van der Waals surface area contributed by atoms with Crippen molar-refractivity contribution in [1.82, 2.24) is 0 Å². The van der Waals surface area contributed by atoms with Crippen LogP contribution in [0.5, 0.6) is 0 Å². The topological polar surface area (TPSA) is 38.0 Å². The van der Waals surface area contributed by atoms with Crippen LogP contribution in [0, 0.1) is 20.8 Å². The number of hydrogen-bond acceptors (Lipinski definition) is 2. The van der Waals surface area contributed by atoms with Crippen molar-refractivity contribution in [3.05, 3.63) is 53.1 Å². The van der Waals surface area contributed by atoms with Crippen molar-refractivity contribution in [2.75, 3.05) is 11.1 Å². The Morgan fingerprint density at radius 2 is 1.41 bits per heavy atom. The summed E-state index contributed by atoms with van der Waals surface area (Å²) in [6.45, 7) is 6.27. The van der Waals surface area contributed by atoms with E-state index in [0.29, 0.717) is 0 Å². The number of aryl methyl sites for hydroxylation is 1. The van der Waals surface area contributed by atoms with Crippen molar-refractivity contribution in [3.8, 4) is 0 Å². The number of rotatable bonds is 2. The van der Waals surface area contributed by atoms with Gasteiger partial charge in [-0.1, -0.05) is 18.2 Å². The predicted octanol–water partition coefficient (Wildman–Crippen LogP) is 3.94. The van der Waals surface area contributed by atoms with Crippen LogP contribution in [0.3, 0.4) is 0 Å². The van der Waals surface area contributed by atoms with Crippen LogP contribution in [0.15, 0.2) is 36.4 Å². The molecule has 0 aliphatic rings. The Morgan fingerprint density at radius 3 is 2.12 bits per heavy atom. The highest BCUT2D eigenvalue weighted by molar-refractivity contribution is 5.71. The van der Waals surface area contributed by atoms with Crippen LogP contribution in [0.4, 0.5) is 17.1 Å². The third-order valence-electron chi connectivity index (χ3n) is 3.25. The Kier molecular flexibility index (Phi) is 3.05. The first kappa shape index (κ1) is 11.5. The minimum absolute atomic E-state index is 0.820. The molecule has 2 heteroatoms. The highest BCUT2D eigenvalue weighted by atomic mass is 14.9. The van der Waals surface area contributed by atoms with Crippen LogP contribution >= 0.6 is 0 Å². The van der Waals surface area contributed by atoms with Crippen LogP contribution < -0.4 is 11.1 Å². The lowest BCUT2D eigenvalue weighted by Gasteiger charge is -2.14. The Hall–Kier alpha value is -1.96. The van der Waals surface area contributed by atoms with Gasteiger partial charge in [-0.2, -0.15) is 0 Å². The van der Waals surface area contributed by atoms with Gasteiger partial charge in [0, 0.05) is 17.1 Å². The van der Waals surface area contributed by atoms with Gasteiger partial charge in [0.15, 0.2) is 0 Å². The van der Waals surface area contributed by atoms with Gasteiger partial charge in [0.25, 0.3) is 0 Å². The number of nitrogens with two attached hydrogens (primary N) is 1. The van der Waals surface area contributed by atoms with E-state index in [4.69, 9.17) is 5.73 Å². The van der Waals surface area contributed by atoms with Gasteiger partial charge in [-0.25, -0.2) is 0 Å². The van der Waals surface area contributed by atoms with Crippen LogP contribution in [0.1, 0.15) is 16.7 Å². The Morgan fingerprint density at radius 1 is 0.824 bits per heavy atom. The maximum atomic E-state index is 5.90. The molecule has 0 aromatic heterocycles. The zero-order chi connectivity index (χ0) is 12.4. The van der Waals surface area contributed by atoms with E-state index in [9.17, 15) is 0 Å². The highest BCUT2D eigenvalue weighted by Gasteiger charge is 2.04. The van der Waals surface area contributed by atoms with Crippen molar-refractivity contribution in [2.45, 2.75) is 20.8 Å². The average molecular weight is 226 g/mol. The summed E-state index contributed by atoms with van der Waals surface area (Å²) in [5, 5.41) is 3.44. The lowest BCUT2D eigenvalue weighted by molar-refractivity contribution is 1.32. The SMILES string of the molecule is Cc1cccc(Nc2cccc(N)c2C)c1C. The molecular weight excluding hydrogens is 208 g/mol. The lowest BCUT2D eigenvalue weighted by atomic mass is 10.1. The summed E-state index contributed by atoms with van der Waals surface area (Å²) in [5.41, 5.74) is 12.6. The first-order valence-electron chi connectivity index (χ1n) is 5.78. The van der Waals surface area contributed by atoms with Gasteiger partial charge in [0.05, 0.1) is 0 Å². The van der Waals surface area contributed by atoms with E-state index < -0.39 is 0 Å². The third kappa shape index (κ3) is 2.26. The van der Waals surface area contributed by atoms with E-state index >= 15 is 0 Å². The first-order chi connectivity index (χ1) is 8.09. The summed E-state index contributed by atoms with van der Waals surface area (Å²) in [6, 6.07) is 12.2. The minimum Gasteiger partial charge on any atom is -0.398 e. The molecule has 0 bridgehead atoms. The minimum atomic E-state index is 0.820. The molecule has 2 rings (SSSR count).